The Hall–Kier alpha value is -1.98. The van der Waals surface area contributed by atoms with Crippen LogP contribution < -0.4 is 10.6 Å². The predicted octanol–water partition coefficient (Wildman–Crippen LogP) is 1.97. The number of alkyl halides is 3. The first kappa shape index (κ1) is 10.2. The summed E-state index contributed by atoms with van der Waals surface area (Å²) in [4.78, 5) is 11.5. The van der Waals surface area contributed by atoms with Crippen molar-refractivity contribution in [3.63, 3.8) is 0 Å². The number of nitrogens with one attached hydrogen (secondary N) is 2. The SMILES string of the molecule is O=C1Nc2ccc(C(F)(F)F)cc2C2=CNC12. The zero-order chi connectivity index (χ0) is 12.2. The van der Waals surface area contributed by atoms with Crippen molar-refractivity contribution in [1.82, 2.24) is 5.32 Å². The minimum absolute atomic E-state index is 0.241. The van der Waals surface area contributed by atoms with Crippen LogP contribution in [0.15, 0.2) is 24.4 Å². The number of amides is 1. The van der Waals surface area contributed by atoms with Crippen LogP contribution in [0.4, 0.5) is 18.9 Å². The van der Waals surface area contributed by atoms with E-state index in [0.29, 0.717) is 16.8 Å². The number of carbonyl (C=O) groups excluding carboxylic acids is 1. The second-order valence-electron chi connectivity index (χ2n) is 3.95. The molecule has 0 radical (unpaired) electrons. The molecule has 0 aromatic heterocycles. The van der Waals surface area contributed by atoms with E-state index in [1.807, 2.05) is 0 Å². The third-order valence-corrected chi connectivity index (χ3v) is 2.89. The van der Waals surface area contributed by atoms with E-state index < -0.39 is 17.8 Å². The van der Waals surface area contributed by atoms with E-state index in [1.54, 1.807) is 6.20 Å². The number of anilines is 1. The Balaban J connectivity index is 2.13. The zero-order valence-electron chi connectivity index (χ0n) is 8.43. The first-order valence-corrected chi connectivity index (χ1v) is 4.95. The number of rotatable bonds is 0. The predicted molar refractivity (Wildman–Crippen MR) is 55.0 cm³/mol. The lowest BCUT2D eigenvalue weighted by molar-refractivity contribution is -0.137. The average molecular weight is 240 g/mol. The summed E-state index contributed by atoms with van der Waals surface area (Å²) in [6.07, 6.45) is -2.81. The lowest BCUT2D eigenvalue weighted by Gasteiger charge is -2.34. The maximum atomic E-state index is 12.6. The van der Waals surface area contributed by atoms with Gasteiger partial charge >= 0.3 is 6.18 Å². The van der Waals surface area contributed by atoms with Crippen molar-refractivity contribution in [3.8, 4) is 0 Å². The highest BCUT2D eigenvalue weighted by Gasteiger charge is 2.38. The van der Waals surface area contributed by atoms with Crippen molar-refractivity contribution in [2.24, 2.45) is 0 Å². The van der Waals surface area contributed by atoms with E-state index in [9.17, 15) is 18.0 Å². The molecule has 0 spiro atoms. The Morgan fingerprint density at radius 3 is 2.59 bits per heavy atom. The fraction of sp³-hybridized carbons (Fsp3) is 0.182. The average Bonchev–Trinajstić information content (AvgIpc) is 2.15. The molecule has 2 N–H and O–H groups in total. The van der Waals surface area contributed by atoms with Crippen LogP contribution in [0.3, 0.4) is 0 Å². The first-order chi connectivity index (χ1) is 7.97. The van der Waals surface area contributed by atoms with Gasteiger partial charge in [0.2, 0.25) is 0 Å². The molecule has 1 aromatic rings. The Morgan fingerprint density at radius 1 is 1.24 bits per heavy atom. The van der Waals surface area contributed by atoms with Crippen LogP contribution in [0.5, 0.6) is 0 Å². The number of hydrogen-bond donors (Lipinski definition) is 2. The lowest BCUT2D eigenvalue weighted by Crippen LogP contribution is -2.48. The van der Waals surface area contributed by atoms with E-state index >= 15 is 0 Å². The fourth-order valence-corrected chi connectivity index (χ4v) is 1.97. The number of benzene rings is 1. The zero-order valence-corrected chi connectivity index (χ0v) is 8.43. The third kappa shape index (κ3) is 1.40. The normalized spacial score (nSPS) is 21.5. The number of halogens is 3. The van der Waals surface area contributed by atoms with Crippen LogP contribution in [-0.2, 0) is 11.0 Å². The molecule has 1 unspecified atom stereocenters. The standard InChI is InChI=1S/C11H7F3N2O/c12-11(13,14)5-1-2-8-6(3-5)7-4-15-9(7)10(17)16-8/h1-4,9,15H,(H,16,17). The summed E-state index contributed by atoms with van der Waals surface area (Å²) >= 11 is 0. The summed E-state index contributed by atoms with van der Waals surface area (Å²) in [6.45, 7) is 0. The van der Waals surface area contributed by atoms with Crippen LogP contribution in [0.25, 0.3) is 5.57 Å². The van der Waals surface area contributed by atoms with Crippen molar-refractivity contribution in [3.05, 3.63) is 35.5 Å². The molecule has 1 amide bonds. The summed E-state index contributed by atoms with van der Waals surface area (Å²) in [7, 11) is 0. The van der Waals surface area contributed by atoms with Gasteiger partial charge in [-0.05, 0) is 18.2 Å². The smallest absolute Gasteiger partial charge is 0.376 e. The highest BCUT2D eigenvalue weighted by atomic mass is 19.4. The molecule has 2 aliphatic rings. The van der Waals surface area contributed by atoms with Gasteiger partial charge in [-0.25, -0.2) is 0 Å². The molecule has 0 saturated carbocycles. The molecule has 2 heterocycles. The summed E-state index contributed by atoms with van der Waals surface area (Å²) < 4.78 is 37.7. The number of carbonyl (C=O) groups is 1. The van der Waals surface area contributed by atoms with Gasteiger partial charge in [0.25, 0.3) is 5.91 Å². The minimum atomic E-state index is -4.37. The van der Waals surface area contributed by atoms with Crippen LogP contribution in [0.2, 0.25) is 0 Å². The molecular weight excluding hydrogens is 233 g/mol. The molecule has 88 valence electrons. The van der Waals surface area contributed by atoms with Gasteiger partial charge in [0.1, 0.15) is 6.04 Å². The molecule has 0 aliphatic carbocycles. The first-order valence-electron chi connectivity index (χ1n) is 4.95. The molecule has 3 rings (SSSR count). The Morgan fingerprint density at radius 2 is 2.00 bits per heavy atom. The Kier molecular flexibility index (Phi) is 1.81. The van der Waals surface area contributed by atoms with Crippen LogP contribution in [0, 0.1) is 0 Å². The van der Waals surface area contributed by atoms with Gasteiger partial charge in [0.15, 0.2) is 0 Å². The summed E-state index contributed by atoms with van der Waals surface area (Å²) in [5.74, 6) is -0.241. The Bertz CT molecular complexity index is 548. The molecular formula is C11H7F3N2O. The molecule has 2 aliphatic heterocycles. The highest BCUT2D eigenvalue weighted by Crippen LogP contribution is 2.39. The number of hydrogen-bond acceptors (Lipinski definition) is 2. The highest BCUT2D eigenvalue weighted by molar-refractivity contribution is 6.12. The van der Waals surface area contributed by atoms with E-state index in [4.69, 9.17) is 0 Å². The van der Waals surface area contributed by atoms with Gasteiger partial charge in [0, 0.05) is 23.0 Å². The van der Waals surface area contributed by atoms with E-state index in [0.717, 1.165) is 12.1 Å². The van der Waals surface area contributed by atoms with Crippen molar-refractivity contribution < 1.29 is 18.0 Å². The summed E-state index contributed by atoms with van der Waals surface area (Å²) in [6, 6.07) is 2.79. The topological polar surface area (TPSA) is 41.1 Å². The maximum Gasteiger partial charge on any atom is 0.416 e. The Labute approximate surface area is 94.3 Å². The maximum absolute atomic E-state index is 12.6. The molecule has 1 aromatic carbocycles. The molecule has 6 heteroatoms. The molecule has 0 saturated heterocycles. The largest absolute Gasteiger partial charge is 0.416 e. The molecule has 17 heavy (non-hydrogen) atoms. The second kappa shape index (κ2) is 3.03. The monoisotopic (exact) mass is 240 g/mol. The quantitative estimate of drug-likeness (QED) is 0.728. The molecule has 3 nitrogen and oxygen atoms in total. The lowest BCUT2D eigenvalue weighted by atomic mass is 9.88. The fourth-order valence-electron chi connectivity index (χ4n) is 1.97. The van der Waals surface area contributed by atoms with Gasteiger partial charge in [-0.2, -0.15) is 13.2 Å². The molecule has 0 bridgehead atoms. The molecule has 0 fully saturated rings. The van der Waals surface area contributed by atoms with Crippen molar-refractivity contribution in [2.75, 3.05) is 5.32 Å². The van der Waals surface area contributed by atoms with Crippen LogP contribution >= 0.6 is 0 Å². The minimum Gasteiger partial charge on any atom is -0.376 e. The second-order valence-corrected chi connectivity index (χ2v) is 3.95. The summed E-state index contributed by atoms with van der Waals surface area (Å²) in [5, 5.41) is 5.30. The number of fused-ring (bicyclic) bond motifs is 3. The van der Waals surface area contributed by atoms with Gasteiger partial charge in [-0.3, -0.25) is 4.79 Å². The van der Waals surface area contributed by atoms with Gasteiger partial charge in [-0.15, -0.1) is 0 Å². The van der Waals surface area contributed by atoms with E-state index in [2.05, 4.69) is 10.6 Å². The van der Waals surface area contributed by atoms with E-state index in [1.165, 1.54) is 6.07 Å². The van der Waals surface area contributed by atoms with E-state index in [-0.39, 0.29) is 5.91 Å². The van der Waals surface area contributed by atoms with Crippen LogP contribution in [0.1, 0.15) is 11.1 Å². The van der Waals surface area contributed by atoms with Crippen LogP contribution in [-0.4, -0.2) is 11.9 Å². The van der Waals surface area contributed by atoms with Gasteiger partial charge in [-0.1, -0.05) is 0 Å². The van der Waals surface area contributed by atoms with Crippen molar-refractivity contribution >= 4 is 17.2 Å². The third-order valence-electron chi connectivity index (χ3n) is 2.89. The van der Waals surface area contributed by atoms with Crippen molar-refractivity contribution in [1.29, 1.82) is 0 Å². The van der Waals surface area contributed by atoms with Crippen molar-refractivity contribution in [2.45, 2.75) is 12.2 Å². The van der Waals surface area contributed by atoms with Gasteiger partial charge < -0.3 is 10.6 Å². The van der Waals surface area contributed by atoms with Gasteiger partial charge in [0.05, 0.1) is 5.56 Å². The summed E-state index contributed by atoms with van der Waals surface area (Å²) in [5.41, 5.74) is 0.754. The molecule has 1 atom stereocenters.